The first-order valence-electron chi connectivity index (χ1n) is 5.92. The van der Waals surface area contributed by atoms with Gasteiger partial charge in [-0.25, -0.2) is 4.39 Å². The van der Waals surface area contributed by atoms with Crippen molar-refractivity contribution in [1.29, 1.82) is 0 Å². The molecule has 1 N–H and O–H groups in total. The van der Waals surface area contributed by atoms with E-state index in [0.29, 0.717) is 0 Å². The standard InChI is InChI=1S/C14H10F4N2O/c15-12-8-19-6-5-10(12)13(21)20-7-9-3-1-2-4-11(9)14(16,17)18/h1-6,8H,7H2,(H,20,21). The number of nitrogens with one attached hydrogen (secondary N) is 1. The van der Waals surface area contributed by atoms with Crippen LogP contribution in [-0.4, -0.2) is 10.9 Å². The molecule has 2 rings (SSSR count). The van der Waals surface area contributed by atoms with E-state index < -0.39 is 23.5 Å². The molecule has 0 aliphatic heterocycles. The molecule has 0 radical (unpaired) electrons. The number of alkyl halides is 3. The third-order valence-electron chi connectivity index (χ3n) is 2.78. The van der Waals surface area contributed by atoms with E-state index in [9.17, 15) is 22.4 Å². The molecule has 3 nitrogen and oxygen atoms in total. The lowest BCUT2D eigenvalue weighted by molar-refractivity contribution is -0.138. The van der Waals surface area contributed by atoms with Crippen LogP contribution in [0, 0.1) is 5.82 Å². The quantitative estimate of drug-likeness (QED) is 0.884. The number of carbonyl (C=O) groups excluding carboxylic acids is 1. The number of pyridine rings is 1. The lowest BCUT2D eigenvalue weighted by atomic mass is 10.1. The fraction of sp³-hybridized carbons (Fsp3) is 0.143. The average molecular weight is 298 g/mol. The van der Waals surface area contributed by atoms with E-state index in [-0.39, 0.29) is 17.7 Å². The van der Waals surface area contributed by atoms with Gasteiger partial charge in [-0.2, -0.15) is 13.2 Å². The second-order valence-electron chi connectivity index (χ2n) is 4.19. The number of hydrogen-bond donors (Lipinski definition) is 1. The van der Waals surface area contributed by atoms with Gasteiger partial charge in [0, 0.05) is 12.7 Å². The van der Waals surface area contributed by atoms with Gasteiger partial charge in [-0.3, -0.25) is 9.78 Å². The highest BCUT2D eigenvalue weighted by Gasteiger charge is 2.32. The lowest BCUT2D eigenvalue weighted by Gasteiger charge is -2.13. The van der Waals surface area contributed by atoms with Crippen LogP contribution >= 0.6 is 0 Å². The Morgan fingerprint density at radius 1 is 1.19 bits per heavy atom. The molecule has 1 amide bonds. The molecule has 0 atom stereocenters. The largest absolute Gasteiger partial charge is 0.416 e. The highest BCUT2D eigenvalue weighted by atomic mass is 19.4. The SMILES string of the molecule is O=C(NCc1ccccc1C(F)(F)F)c1ccncc1F. The number of carbonyl (C=O) groups is 1. The molecular weight excluding hydrogens is 288 g/mol. The van der Waals surface area contributed by atoms with Gasteiger partial charge < -0.3 is 5.32 Å². The highest BCUT2D eigenvalue weighted by Crippen LogP contribution is 2.31. The van der Waals surface area contributed by atoms with Crippen LogP contribution in [0.1, 0.15) is 21.5 Å². The minimum absolute atomic E-state index is 0.0900. The van der Waals surface area contributed by atoms with Gasteiger partial charge in [0.05, 0.1) is 17.3 Å². The van der Waals surface area contributed by atoms with Crippen molar-refractivity contribution in [3.05, 3.63) is 65.2 Å². The molecule has 1 aromatic heterocycles. The molecule has 0 fully saturated rings. The highest BCUT2D eigenvalue weighted by molar-refractivity contribution is 5.94. The number of hydrogen-bond acceptors (Lipinski definition) is 2. The lowest BCUT2D eigenvalue weighted by Crippen LogP contribution is -2.25. The van der Waals surface area contributed by atoms with Gasteiger partial charge in [-0.05, 0) is 17.7 Å². The zero-order valence-electron chi connectivity index (χ0n) is 10.6. The van der Waals surface area contributed by atoms with E-state index in [2.05, 4.69) is 10.3 Å². The van der Waals surface area contributed by atoms with Crippen LogP contribution in [0.2, 0.25) is 0 Å². The molecule has 1 aromatic carbocycles. The first-order valence-corrected chi connectivity index (χ1v) is 5.92. The molecular formula is C14H10F4N2O. The molecule has 0 bridgehead atoms. The second kappa shape index (κ2) is 5.90. The molecule has 0 aliphatic carbocycles. The number of rotatable bonds is 3. The van der Waals surface area contributed by atoms with E-state index in [1.165, 1.54) is 24.4 Å². The van der Waals surface area contributed by atoms with Crippen molar-refractivity contribution in [2.45, 2.75) is 12.7 Å². The van der Waals surface area contributed by atoms with Gasteiger partial charge >= 0.3 is 6.18 Å². The molecule has 110 valence electrons. The summed E-state index contributed by atoms with van der Waals surface area (Å²) in [6.45, 7) is -0.351. The Kier molecular flexibility index (Phi) is 4.21. The maximum absolute atomic E-state index is 13.3. The summed E-state index contributed by atoms with van der Waals surface area (Å²) in [5, 5.41) is 2.26. The predicted molar refractivity (Wildman–Crippen MR) is 66.8 cm³/mol. The van der Waals surface area contributed by atoms with Gasteiger partial charge in [0.25, 0.3) is 5.91 Å². The Morgan fingerprint density at radius 2 is 1.90 bits per heavy atom. The number of benzene rings is 1. The van der Waals surface area contributed by atoms with Crippen LogP contribution in [0.25, 0.3) is 0 Å². The molecule has 0 spiro atoms. The monoisotopic (exact) mass is 298 g/mol. The fourth-order valence-corrected chi connectivity index (χ4v) is 1.78. The van der Waals surface area contributed by atoms with Crippen LogP contribution in [0.15, 0.2) is 42.7 Å². The molecule has 0 saturated heterocycles. The number of nitrogens with zero attached hydrogens (tertiary/aromatic N) is 1. The summed E-state index contributed by atoms with van der Waals surface area (Å²) < 4.78 is 51.7. The zero-order valence-corrected chi connectivity index (χ0v) is 10.6. The first-order chi connectivity index (χ1) is 9.89. The van der Waals surface area contributed by atoms with Gasteiger partial charge in [0.15, 0.2) is 5.82 Å². The van der Waals surface area contributed by atoms with E-state index in [4.69, 9.17) is 0 Å². The summed E-state index contributed by atoms with van der Waals surface area (Å²) in [6.07, 6.45) is -2.43. The van der Waals surface area contributed by atoms with Crippen molar-refractivity contribution >= 4 is 5.91 Å². The number of amides is 1. The van der Waals surface area contributed by atoms with E-state index in [1.54, 1.807) is 0 Å². The Hall–Kier alpha value is -2.44. The third-order valence-corrected chi connectivity index (χ3v) is 2.78. The van der Waals surface area contributed by atoms with Crippen molar-refractivity contribution in [2.24, 2.45) is 0 Å². The van der Waals surface area contributed by atoms with Crippen molar-refractivity contribution in [3.63, 3.8) is 0 Å². The minimum atomic E-state index is -4.51. The second-order valence-corrected chi connectivity index (χ2v) is 4.19. The van der Waals surface area contributed by atoms with Crippen LogP contribution in [-0.2, 0) is 12.7 Å². The van der Waals surface area contributed by atoms with Crippen LogP contribution in [0.3, 0.4) is 0 Å². The molecule has 2 aromatic rings. The topological polar surface area (TPSA) is 42.0 Å². The predicted octanol–water partition coefficient (Wildman–Crippen LogP) is 3.17. The van der Waals surface area contributed by atoms with E-state index >= 15 is 0 Å². The molecule has 21 heavy (non-hydrogen) atoms. The van der Waals surface area contributed by atoms with Crippen LogP contribution in [0.4, 0.5) is 17.6 Å². The molecule has 7 heteroatoms. The van der Waals surface area contributed by atoms with Crippen LogP contribution in [0.5, 0.6) is 0 Å². The maximum atomic E-state index is 13.3. The van der Waals surface area contributed by atoms with Crippen molar-refractivity contribution in [3.8, 4) is 0 Å². The Balaban J connectivity index is 2.14. The summed E-state index contributed by atoms with van der Waals surface area (Å²) >= 11 is 0. The molecule has 0 aliphatic rings. The minimum Gasteiger partial charge on any atom is -0.348 e. The average Bonchev–Trinajstić information content (AvgIpc) is 2.44. The zero-order chi connectivity index (χ0) is 15.5. The summed E-state index contributed by atoms with van der Waals surface area (Å²) in [5.41, 5.74) is -1.19. The number of aromatic nitrogens is 1. The normalized spacial score (nSPS) is 11.2. The Bertz CT molecular complexity index is 655. The summed E-state index contributed by atoms with van der Waals surface area (Å²) in [6, 6.07) is 6.03. The van der Waals surface area contributed by atoms with Gasteiger partial charge in [-0.1, -0.05) is 18.2 Å². The molecule has 1 heterocycles. The Morgan fingerprint density at radius 3 is 2.57 bits per heavy atom. The van der Waals surface area contributed by atoms with Crippen molar-refractivity contribution in [1.82, 2.24) is 10.3 Å². The van der Waals surface area contributed by atoms with Gasteiger partial charge in [-0.15, -0.1) is 0 Å². The van der Waals surface area contributed by atoms with E-state index in [1.807, 2.05) is 0 Å². The smallest absolute Gasteiger partial charge is 0.348 e. The maximum Gasteiger partial charge on any atom is 0.416 e. The summed E-state index contributed by atoms with van der Waals surface area (Å²) in [7, 11) is 0. The first kappa shape index (κ1) is 15.0. The van der Waals surface area contributed by atoms with Crippen molar-refractivity contribution in [2.75, 3.05) is 0 Å². The fourth-order valence-electron chi connectivity index (χ4n) is 1.78. The third kappa shape index (κ3) is 3.56. The van der Waals surface area contributed by atoms with E-state index in [0.717, 1.165) is 18.3 Å². The Labute approximate surface area is 117 Å². The van der Waals surface area contributed by atoms with Gasteiger partial charge in [0.1, 0.15) is 0 Å². The van der Waals surface area contributed by atoms with Crippen LogP contribution < -0.4 is 5.32 Å². The van der Waals surface area contributed by atoms with Gasteiger partial charge in [0.2, 0.25) is 0 Å². The molecule has 0 unspecified atom stereocenters. The number of halogens is 4. The molecule has 0 saturated carbocycles. The summed E-state index contributed by atoms with van der Waals surface area (Å²) in [5.74, 6) is -1.63. The van der Waals surface area contributed by atoms with Crippen molar-refractivity contribution < 1.29 is 22.4 Å². The summed E-state index contributed by atoms with van der Waals surface area (Å²) in [4.78, 5) is 15.2.